The lowest BCUT2D eigenvalue weighted by Gasteiger charge is -2.28. The van der Waals surface area contributed by atoms with Crippen LogP contribution in [0.3, 0.4) is 0 Å². The molecule has 35 heavy (non-hydrogen) atoms. The summed E-state index contributed by atoms with van der Waals surface area (Å²) < 4.78 is 1.95. The van der Waals surface area contributed by atoms with E-state index in [1.165, 1.54) is 6.33 Å². The van der Waals surface area contributed by atoms with Gasteiger partial charge in [-0.2, -0.15) is 0 Å². The number of aromatic nitrogens is 4. The van der Waals surface area contributed by atoms with Crippen molar-refractivity contribution in [3.63, 3.8) is 0 Å². The van der Waals surface area contributed by atoms with Crippen molar-refractivity contribution in [2.75, 3.05) is 6.54 Å². The molecule has 1 saturated heterocycles. The molecule has 1 fully saturated rings. The molecule has 0 saturated carbocycles. The molecule has 4 aromatic rings. The number of Topliss-reactive ketones (excluding diaryl/α,β-unsaturated/α-hetero) is 1. The number of rotatable bonds is 6. The summed E-state index contributed by atoms with van der Waals surface area (Å²) in [5, 5.41) is 7.27. The standard InChI is InChI=1S/C26H26N6O3/c1-15(2)32-13-20(19-12-27-14-30-25(19)32)24(34)18-10-22(26(35)29-11-18)31-23(33)9-16-5-6-17-4-3-7-28-21(17)8-16/h3-8,12-15,18,22H,9-11H2,1-2H3,(H,29,35)(H,31,33). The second kappa shape index (κ2) is 9.25. The molecule has 4 heterocycles. The molecule has 1 aliphatic heterocycles. The van der Waals surface area contributed by atoms with Crippen molar-refractivity contribution in [1.29, 1.82) is 0 Å². The van der Waals surface area contributed by atoms with E-state index in [1.54, 1.807) is 12.4 Å². The minimum Gasteiger partial charge on any atom is -0.354 e. The Balaban J connectivity index is 1.30. The number of hydrogen-bond acceptors (Lipinski definition) is 6. The highest BCUT2D eigenvalue weighted by atomic mass is 16.2. The molecule has 2 unspecified atom stereocenters. The van der Waals surface area contributed by atoms with Gasteiger partial charge in [0.2, 0.25) is 11.8 Å². The predicted octanol–water partition coefficient (Wildman–Crippen LogP) is 2.61. The summed E-state index contributed by atoms with van der Waals surface area (Å²) in [5.41, 5.74) is 2.85. The van der Waals surface area contributed by atoms with Gasteiger partial charge in [0.05, 0.1) is 11.9 Å². The van der Waals surface area contributed by atoms with Gasteiger partial charge in [0.25, 0.3) is 0 Å². The SMILES string of the molecule is CC(C)n1cc(C(=O)C2CNC(=O)C(NC(=O)Cc3ccc4cccnc4c3)C2)c2cncnc21. The first-order chi connectivity index (χ1) is 16.9. The molecule has 178 valence electrons. The molecule has 1 aliphatic rings. The Labute approximate surface area is 202 Å². The largest absolute Gasteiger partial charge is 0.354 e. The number of carbonyl (C=O) groups is 3. The zero-order valence-electron chi connectivity index (χ0n) is 19.6. The van der Waals surface area contributed by atoms with E-state index in [1.807, 2.05) is 54.9 Å². The smallest absolute Gasteiger partial charge is 0.242 e. The van der Waals surface area contributed by atoms with E-state index in [4.69, 9.17) is 0 Å². The van der Waals surface area contributed by atoms with E-state index in [-0.39, 0.29) is 43.0 Å². The topological polar surface area (TPSA) is 119 Å². The van der Waals surface area contributed by atoms with Crippen LogP contribution in [0.15, 0.2) is 55.2 Å². The number of ketones is 1. The van der Waals surface area contributed by atoms with Gasteiger partial charge < -0.3 is 15.2 Å². The average Bonchev–Trinajstić information content (AvgIpc) is 3.25. The van der Waals surface area contributed by atoms with Crippen molar-refractivity contribution >= 4 is 39.5 Å². The maximum absolute atomic E-state index is 13.5. The zero-order chi connectivity index (χ0) is 24.5. The van der Waals surface area contributed by atoms with Gasteiger partial charge in [0.15, 0.2) is 5.78 Å². The van der Waals surface area contributed by atoms with E-state index >= 15 is 0 Å². The maximum Gasteiger partial charge on any atom is 0.242 e. The molecular weight excluding hydrogens is 444 g/mol. The molecule has 0 bridgehead atoms. The van der Waals surface area contributed by atoms with Crippen LogP contribution in [0.5, 0.6) is 0 Å². The number of pyridine rings is 1. The Morgan fingerprint density at radius 2 is 2.09 bits per heavy atom. The van der Waals surface area contributed by atoms with Gasteiger partial charge in [-0.1, -0.05) is 18.2 Å². The predicted molar refractivity (Wildman–Crippen MR) is 131 cm³/mol. The van der Waals surface area contributed by atoms with Crippen LogP contribution in [0.1, 0.15) is 42.2 Å². The zero-order valence-corrected chi connectivity index (χ0v) is 19.6. The number of nitrogens with zero attached hydrogens (tertiary/aromatic N) is 4. The third kappa shape index (κ3) is 4.49. The fourth-order valence-corrected chi connectivity index (χ4v) is 4.60. The molecule has 9 nitrogen and oxygen atoms in total. The Hall–Kier alpha value is -4.14. The van der Waals surface area contributed by atoms with Crippen molar-refractivity contribution < 1.29 is 14.4 Å². The second-order valence-corrected chi connectivity index (χ2v) is 9.17. The third-order valence-electron chi connectivity index (χ3n) is 6.42. The molecule has 2 amide bonds. The molecule has 3 aromatic heterocycles. The lowest BCUT2D eigenvalue weighted by atomic mass is 9.88. The summed E-state index contributed by atoms with van der Waals surface area (Å²) in [4.78, 5) is 51.5. The minimum absolute atomic E-state index is 0.0935. The van der Waals surface area contributed by atoms with Gasteiger partial charge in [-0.3, -0.25) is 19.4 Å². The molecular formula is C26H26N6O3. The van der Waals surface area contributed by atoms with Gasteiger partial charge in [-0.15, -0.1) is 0 Å². The molecule has 1 aromatic carbocycles. The highest BCUT2D eigenvalue weighted by Crippen LogP contribution is 2.27. The van der Waals surface area contributed by atoms with E-state index in [0.29, 0.717) is 16.6 Å². The van der Waals surface area contributed by atoms with Gasteiger partial charge in [-0.05, 0) is 38.0 Å². The number of amides is 2. The van der Waals surface area contributed by atoms with Crippen LogP contribution in [0, 0.1) is 5.92 Å². The van der Waals surface area contributed by atoms with Crippen molar-refractivity contribution in [3.05, 3.63) is 66.4 Å². The number of hydrogen-bond donors (Lipinski definition) is 2. The van der Waals surface area contributed by atoms with Crippen LogP contribution in [-0.2, 0) is 16.0 Å². The molecule has 9 heteroatoms. The Morgan fingerprint density at radius 1 is 1.23 bits per heavy atom. The van der Waals surface area contributed by atoms with Crippen molar-refractivity contribution in [1.82, 2.24) is 30.2 Å². The Morgan fingerprint density at radius 3 is 2.91 bits per heavy atom. The summed E-state index contributed by atoms with van der Waals surface area (Å²) in [6.45, 7) is 4.27. The quantitative estimate of drug-likeness (QED) is 0.418. The van der Waals surface area contributed by atoms with E-state index in [9.17, 15) is 14.4 Å². The fourth-order valence-electron chi connectivity index (χ4n) is 4.60. The van der Waals surface area contributed by atoms with E-state index in [0.717, 1.165) is 16.5 Å². The number of nitrogens with one attached hydrogen (secondary N) is 2. The van der Waals surface area contributed by atoms with Crippen LogP contribution in [0.2, 0.25) is 0 Å². The summed E-state index contributed by atoms with van der Waals surface area (Å²) in [7, 11) is 0. The first-order valence-electron chi connectivity index (χ1n) is 11.7. The van der Waals surface area contributed by atoms with Crippen LogP contribution < -0.4 is 10.6 Å². The van der Waals surface area contributed by atoms with Crippen LogP contribution in [-0.4, -0.2) is 49.7 Å². The maximum atomic E-state index is 13.5. The monoisotopic (exact) mass is 470 g/mol. The second-order valence-electron chi connectivity index (χ2n) is 9.17. The normalized spacial score (nSPS) is 18.1. The fraction of sp³-hybridized carbons (Fsp3) is 0.308. The van der Waals surface area contributed by atoms with E-state index in [2.05, 4.69) is 25.6 Å². The first kappa shape index (κ1) is 22.6. The molecule has 5 rings (SSSR count). The third-order valence-corrected chi connectivity index (χ3v) is 6.42. The van der Waals surface area contributed by atoms with Crippen molar-refractivity contribution in [2.45, 2.75) is 38.8 Å². The molecule has 2 N–H and O–H groups in total. The van der Waals surface area contributed by atoms with Crippen LogP contribution in [0.4, 0.5) is 0 Å². The molecule has 2 atom stereocenters. The van der Waals surface area contributed by atoms with Gasteiger partial charge in [-0.25, -0.2) is 9.97 Å². The van der Waals surface area contributed by atoms with Crippen LogP contribution >= 0.6 is 0 Å². The average molecular weight is 471 g/mol. The van der Waals surface area contributed by atoms with Crippen molar-refractivity contribution in [3.8, 4) is 0 Å². The number of piperidine rings is 1. The summed E-state index contributed by atoms with van der Waals surface area (Å²) >= 11 is 0. The highest BCUT2D eigenvalue weighted by molar-refractivity contribution is 6.09. The summed E-state index contributed by atoms with van der Waals surface area (Å²) in [5.74, 6) is -1.12. The summed E-state index contributed by atoms with van der Waals surface area (Å²) in [6.07, 6.45) is 6.98. The van der Waals surface area contributed by atoms with Gasteiger partial charge in [0.1, 0.15) is 18.0 Å². The Bertz CT molecular complexity index is 1440. The van der Waals surface area contributed by atoms with Gasteiger partial charge >= 0.3 is 0 Å². The number of fused-ring (bicyclic) bond motifs is 2. The minimum atomic E-state index is -0.779. The van der Waals surface area contributed by atoms with Crippen LogP contribution in [0.25, 0.3) is 21.9 Å². The lowest BCUT2D eigenvalue weighted by Crippen LogP contribution is -2.54. The Kier molecular flexibility index (Phi) is 5.98. The van der Waals surface area contributed by atoms with Crippen molar-refractivity contribution in [2.24, 2.45) is 5.92 Å². The summed E-state index contributed by atoms with van der Waals surface area (Å²) in [6, 6.07) is 8.83. The van der Waals surface area contributed by atoms with E-state index < -0.39 is 12.0 Å². The highest BCUT2D eigenvalue weighted by Gasteiger charge is 2.35. The molecule has 0 aliphatic carbocycles. The van der Waals surface area contributed by atoms with Gasteiger partial charge in [0, 0.05) is 53.4 Å². The molecule has 0 radical (unpaired) electrons. The molecule has 0 spiro atoms. The lowest BCUT2D eigenvalue weighted by molar-refractivity contribution is -0.130. The first-order valence-corrected chi connectivity index (χ1v) is 11.7. The number of benzene rings is 1. The number of carbonyl (C=O) groups excluding carboxylic acids is 3.